The molecule has 1 aromatic heterocycles. The topological polar surface area (TPSA) is 105 Å². The molecule has 0 radical (unpaired) electrons. The predicted octanol–water partition coefficient (Wildman–Crippen LogP) is 1.98. The molecule has 2 aromatic rings. The zero-order chi connectivity index (χ0) is 22.3. The molecular formula is C21H25FN4O5. The fourth-order valence-corrected chi connectivity index (χ4v) is 4.27. The number of nitrogens with one attached hydrogen (secondary N) is 1. The van der Waals surface area contributed by atoms with Crippen LogP contribution in [0.25, 0.3) is 10.9 Å². The van der Waals surface area contributed by atoms with Crippen LogP contribution in [0.4, 0.5) is 10.1 Å². The quantitative estimate of drug-likeness (QED) is 0.673. The minimum Gasteiger partial charge on any atom is -0.492 e. The Hall–Kier alpha value is -3.14. The van der Waals surface area contributed by atoms with E-state index >= 15 is 4.39 Å². The summed E-state index contributed by atoms with van der Waals surface area (Å²) >= 11 is 0. The molecule has 1 saturated carbocycles. The number of anilines is 1. The molecular weight excluding hydrogens is 407 g/mol. The van der Waals surface area contributed by atoms with Crippen molar-refractivity contribution in [2.45, 2.75) is 31.3 Å². The van der Waals surface area contributed by atoms with Crippen LogP contribution < -0.4 is 20.4 Å². The van der Waals surface area contributed by atoms with Gasteiger partial charge in [-0.1, -0.05) is 5.16 Å². The van der Waals surface area contributed by atoms with E-state index in [1.807, 2.05) is 11.9 Å². The summed E-state index contributed by atoms with van der Waals surface area (Å²) in [5.74, 6) is -1.76. The lowest BCUT2D eigenvalue weighted by Gasteiger charge is -2.35. The number of methoxy groups -OCH3 is 1. The van der Waals surface area contributed by atoms with Gasteiger partial charge in [-0.15, -0.1) is 0 Å². The third kappa shape index (κ3) is 3.60. The number of rotatable bonds is 6. The number of carboxylic acids is 1. The van der Waals surface area contributed by atoms with Crippen molar-refractivity contribution in [1.82, 2.24) is 9.88 Å². The van der Waals surface area contributed by atoms with Gasteiger partial charge in [0, 0.05) is 18.8 Å². The van der Waals surface area contributed by atoms with Crippen molar-refractivity contribution in [2.75, 3.05) is 39.3 Å². The zero-order valence-electron chi connectivity index (χ0n) is 17.6. The Morgan fingerprint density at radius 3 is 2.65 bits per heavy atom. The van der Waals surface area contributed by atoms with Gasteiger partial charge in [0.25, 0.3) is 0 Å². The Labute approximate surface area is 178 Å². The Morgan fingerprint density at radius 2 is 2.06 bits per heavy atom. The molecule has 4 rings (SSSR count). The van der Waals surface area contributed by atoms with Crippen molar-refractivity contribution in [3.05, 3.63) is 33.9 Å². The largest absolute Gasteiger partial charge is 0.492 e. The van der Waals surface area contributed by atoms with Crippen LogP contribution in [-0.4, -0.2) is 61.8 Å². The average molecular weight is 432 g/mol. The average Bonchev–Trinajstić information content (AvgIpc) is 3.58. The van der Waals surface area contributed by atoms with Gasteiger partial charge in [0.1, 0.15) is 18.4 Å². The highest BCUT2D eigenvalue weighted by molar-refractivity contribution is 5.99. The highest BCUT2D eigenvalue weighted by Crippen LogP contribution is 2.44. The number of fused-ring (bicyclic) bond motifs is 1. The molecule has 9 nitrogen and oxygen atoms in total. The van der Waals surface area contributed by atoms with Crippen molar-refractivity contribution in [3.8, 4) is 5.75 Å². The van der Waals surface area contributed by atoms with Crippen LogP contribution in [0, 0.1) is 5.82 Å². The number of piperidine rings is 1. The van der Waals surface area contributed by atoms with Crippen LogP contribution in [0.3, 0.4) is 0 Å². The number of ether oxygens (including phenoxy) is 1. The summed E-state index contributed by atoms with van der Waals surface area (Å²) in [6.45, 7) is 0.854. The van der Waals surface area contributed by atoms with E-state index < -0.39 is 17.2 Å². The van der Waals surface area contributed by atoms with Gasteiger partial charge in [0.15, 0.2) is 11.6 Å². The van der Waals surface area contributed by atoms with Crippen molar-refractivity contribution in [2.24, 2.45) is 5.16 Å². The number of aromatic nitrogens is 1. The van der Waals surface area contributed by atoms with Crippen LogP contribution in [-0.2, 0) is 4.84 Å². The van der Waals surface area contributed by atoms with Crippen LogP contribution in [0.1, 0.15) is 35.7 Å². The standard InChI is InChI=1S/C21H25FN4O5/c1-23-15-6-7-25(10-16(15)24-31-3)18-14(22)8-12-17(20(18)30-2)26(11-4-5-11)9-13(19(12)27)21(28)29/h8-9,11,15,23H,4-7,10H2,1-3H3,(H,28,29)/b24-16+. The maximum atomic E-state index is 15.4. The Bertz CT molecular complexity index is 1130. The molecule has 0 bridgehead atoms. The lowest BCUT2D eigenvalue weighted by atomic mass is 10.0. The fraction of sp³-hybridized carbons (Fsp3) is 0.476. The van der Waals surface area contributed by atoms with Gasteiger partial charge in [-0.3, -0.25) is 4.79 Å². The summed E-state index contributed by atoms with van der Waals surface area (Å²) in [5.41, 5.74) is 0.262. The SMILES string of the molecule is CNC1CCN(c2c(F)cc3c(=O)c(C(=O)O)cn(C4CC4)c3c2OC)C/C1=N\OC. The van der Waals surface area contributed by atoms with Gasteiger partial charge in [0.05, 0.1) is 36.3 Å². The molecule has 1 aliphatic carbocycles. The second kappa shape index (κ2) is 8.18. The number of halogens is 1. The predicted molar refractivity (Wildman–Crippen MR) is 114 cm³/mol. The summed E-state index contributed by atoms with van der Waals surface area (Å²) in [7, 11) is 4.72. The highest BCUT2D eigenvalue weighted by atomic mass is 19.1. The second-order valence-corrected chi connectivity index (χ2v) is 7.77. The normalized spacial score (nSPS) is 20.3. The summed E-state index contributed by atoms with van der Waals surface area (Å²) in [5, 5.41) is 16.7. The van der Waals surface area contributed by atoms with E-state index in [4.69, 9.17) is 9.57 Å². The van der Waals surface area contributed by atoms with Crippen molar-refractivity contribution >= 4 is 28.3 Å². The van der Waals surface area contributed by atoms with Crippen LogP contribution in [0.5, 0.6) is 5.75 Å². The number of aromatic carboxylic acids is 1. The molecule has 2 N–H and O–H groups in total. The first-order chi connectivity index (χ1) is 14.9. The monoisotopic (exact) mass is 432 g/mol. The third-order valence-corrected chi connectivity index (χ3v) is 5.89. The smallest absolute Gasteiger partial charge is 0.341 e. The lowest BCUT2D eigenvalue weighted by molar-refractivity contribution is 0.0695. The second-order valence-electron chi connectivity index (χ2n) is 7.77. The van der Waals surface area contributed by atoms with Gasteiger partial charge in [0.2, 0.25) is 5.43 Å². The number of benzene rings is 1. The summed E-state index contributed by atoms with van der Waals surface area (Å²) in [6.07, 6.45) is 3.73. The molecule has 1 saturated heterocycles. The van der Waals surface area contributed by atoms with E-state index in [2.05, 4.69) is 10.5 Å². The minimum absolute atomic E-state index is 0.000734. The first-order valence-corrected chi connectivity index (χ1v) is 10.1. The molecule has 1 aromatic carbocycles. The molecule has 31 heavy (non-hydrogen) atoms. The van der Waals surface area contributed by atoms with E-state index in [0.717, 1.165) is 24.6 Å². The molecule has 0 amide bonds. The van der Waals surface area contributed by atoms with Crippen molar-refractivity contribution in [1.29, 1.82) is 0 Å². The molecule has 1 atom stereocenters. The van der Waals surface area contributed by atoms with E-state index in [1.165, 1.54) is 20.4 Å². The van der Waals surface area contributed by atoms with Gasteiger partial charge in [-0.05, 0) is 32.4 Å². The molecule has 166 valence electrons. The van der Waals surface area contributed by atoms with E-state index in [0.29, 0.717) is 25.0 Å². The fourth-order valence-electron chi connectivity index (χ4n) is 4.27. The summed E-state index contributed by atoms with van der Waals surface area (Å²) < 4.78 is 22.8. The lowest BCUT2D eigenvalue weighted by Crippen LogP contribution is -2.49. The van der Waals surface area contributed by atoms with Crippen LogP contribution in [0.15, 0.2) is 22.2 Å². The Morgan fingerprint density at radius 1 is 1.32 bits per heavy atom. The van der Waals surface area contributed by atoms with Crippen molar-refractivity contribution < 1.29 is 23.9 Å². The van der Waals surface area contributed by atoms with Crippen molar-refractivity contribution in [3.63, 3.8) is 0 Å². The number of hydrogen-bond donors (Lipinski definition) is 2. The first kappa shape index (κ1) is 21.1. The number of carboxylic acid groups (broad SMARTS) is 1. The maximum Gasteiger partial charge on any atom is 0.341 e. The van der Waals surface area contributed by atoms with E-state index in [9.17, 15) is 14.7 Å². The van der Waals surface area contributed by atoms with E-state index in [1.54, 1.807) is 4.57 Å². The molecule has 1 aliphatic heterocycles. The van der Waals surface area contributed by atoms with Gasteiger partial charge >= 0.3 is 5.97 Å². The zero-order valence-corrected chi connectivity index (χ0v) is 17.6. The highest BCUT2D eigenvalue weighted by Gasteiger charge is 2.33. The van der Waals surface area contributed by atoms with Gasteiger partial charge < -0.3 is 29.5 Å². The van der Waals surface area contributed by atoms with E-state index in [-0.39, 0.29) is 34.5 Å². The number of nitrogens with zero attached hydrogens (tertiary/aromatic N) is 3. The number of hydrogen-bond acceptors (Lipinski definition) is 7. The maximum absolute atomic E-state index is 15.4. The van der Waals surface area contributed by atoms with Gasteiger partial charge in [-0.2, -0.15) is 0 Å². The third-order valence-electron chi connectivity index (χ3n) is 5.89. The van der Waals surface area contributed by atoms with Crippen LogP contribution >= 0.6 is 0 Å². The summed E-state index contributed by atoms with van der Waals surface area (Å²) in [4.78, 5) is 31.2. The number of oxime groups is 1. The number of carbonyl (C=O) groups is 1. The molecule has 1 unspecified atom stereocenters. The first-order valence-electron chi connectivity index (χ1n) is 10.1. The Kier molecular flexibility index (Phi) is 5.57. The summed E-state index contributed by atoms with van der Waals surface area (Å²) in [6, 6.07) is 1.18. The van der Waals surface area contributed by atoms with Crippen LogP contribution in [0.2, 0.25) is 0 Å². The Balaban J connectivity index is 1.93. The molecule has 0 spiro atoms. The minimum atomic E-state index is -1.33. The molecule has 2 fully saturated rings. The van der Waals surface area contributed by atoms with Gasteiger partial charge in [-0.25, -0.2) is 9.18 Å². The number of pyridine rings is 1. The molecule has 2 heterocycles. The molecule has 2 aliphatic rings. The molecule has 10 heteroatoms.